The van der Waals surface area contributed by atoms with Gasteiger partial charge in [0.2, 0.25) is 11.8 Å². The Morgan fingerprint density at radius 2 is 1.91 bits per heavy atom. The second kappa shape index (κ2) is 8.10. The molecule has 6 nitrogen and oxygen atoms in total. The molecule has 0 saturated heterocycles. The van der Waals surface area contributed by atoms with Gasteiger partial charge >= 0.3 is 5.97 Å². The molecule has 1 aromatic rings. The van der Waals surface area contributed by atoms with E-state index >= 15 is 0 Å². The standard InChI is InChI=1S/C16H24N2O4S/c1-10(17-15(21)16(2,3)4)14(20)18-11(9-13(19)22-5)12-7-6-8-23-12/h6-8,10-11H,9H2,1-5H3,(H,17,21)(H,18,20). The number of rotatable bonds is 6. The van der Waals surface area contributed by atoms with Gasteiger partial charge in [-0.05, 0) is 18.4 Å². The summed E-state index contributed by atoms with van der Waals surface area (Å²) in [5, 5.41) is 7.34. The maximum atomic E-state index is 12.3. The van der Waals surface area contributed by atoms with Gasteiger partial charge in [0.25, 0.3) is 0 Å². The van der Waals surface area contributed by atoms with E-state index in [-0.39, 0.29) is 18.2 Å². The number of nitrogens with one attached hydrogen (secondary N) is 2. The molecular weight excluding hydrogens is 316 g/mol. The summed E-state index contributed by atoms with van der Waals surface area (Å²) in [6.07, 6.45) is 0.0443. The minimum absolute atomic E-state index is 0.0443. The van der Waals surface area contributed by atoms with E-state index in [0.717, 1.165) is 4.88 Å². The molecule has 1 heterocycles. The summed E-state index contributed by atoms with van der Waals surface area (Å²) < 4.78 is 4.67. The maximum Gasteiger partial charge on any atom is 0.307 e. The molecule has 0 aliphatic rings. The van der Waals surface area contributed by atoms with Crippen LogP contribution in [0.3, 0.4) is 0 Å². The van der Waals surface area contributed by atoms with Gasteiger partial charge in [-0.1, -0.05) is 26.8 Å². The quantitative estimate of drug-likeness (QED) is 0.776. The lowest BCUT2D eigenvalue weighted by Gasteiger charge is -2.23. The number of hydrogen-bond acceptors (Lipinski definition) is 5. The predicted molar refractivity (Wildman–Crippen MR) is 88.9 cm³/mol. The summed E-state index contributed by atoms with van der Waals surface area (Å²) in [6, 6.07) is 2.53. The fraction of sp³-hybridized carbons (Fsp3) is 0.562. The molecule has 0 radical (unpaired) electrons. The molecule has 0 spiro atoms. The highest BCUT2D eigenvalue weighted by Crippen LogP contribution is 2.22. The van der Waals surface area contributed by atoms with E-state index in [4.69, 9.17) is 0 Å². The van der Waals surface area contributed by atoms with Crippen molar-refractivity contribution in [3.05, 3.63) is 22.4 Å². The average Bonchev–Trinajstić information content (AvgIpc) is 2.99. The lowest BCUT2D eigenvalue weighted by molar-refractivity contribution is -0.141. The number of carbonyl (C=O) groups is 3. The van der Waals surface area contributed by atoms with Gasteiger partial charge in [0.15, 0.2) is 0 Å². The van der Waals surface area contributed by atoms with Crippen LogP contribution in [0, 0.1) is 5.41 Å². The highest BCUT2D eigenvalue weighted by molar-refractivity contribution is 7.10. The molecule has 128 valence electrons. The first-order chi connectivity index (χ1) is 10.6. The molecule has 23 heavy (non-hydrogen) atoms. The van der Waals surface area contributed by atoms with Gasteiger partial charge < -0.3 is 15.4 Å². The van der Waals surface area contributed by atoms with E-state index in [1.165, 1.54) is 18.4 Å². The van der Waals surface area contributed by atoms with Gasteiger partial charge in [-0.15, -0.1) is 11.3 Å². The average molecular weight is 340 g/mol. The van der Waals surface area contributed by atoms with Crippen LogP contribution in [-0.4, -0.2) is 30.9 Å². The number of amides is 2. The first-order valence-corrected chi connectivity index (χ1v) is 8.24. The summed E-state index contributed by atoms with van der Waals surface area (Å²) in [6.45, 7) is 6.94. The number of methoxy groups -OCH3 is 1. The van der Waals surface area contributed by atoms with Crippen molar-refractivity contribution in [3.63, 3.8) is 0 Å². The zero-order valence-electron chi connectivity index (χ0n) is 14.1. The largest absolute Gasteiger partial charge is 0.469 e. The molecule has 1 aromatic heterocycles. The van der Waals surface area contributed by atoms with E-state index in [2.05, 4.69) is 15.4 Å². The minimum Gasteiger partial charge on any atom is -0.469 e. The van der Waals surface area contributed by atoms with Crippen molar-refractivity contribution in [2.45, 2.75) is 46.2 Å². The Hall–Kier alpha value is -1.89. The van der Waals surface area contributed by atoms with Gasteiger partial charge in [-0.25, -0.2) is 0 Å². The first kappa shape index (κ1) is 19.2. The van der Waals surface area contributed by atoms with Crippen molar-refractivity contribution in [2.75, 3.05) is 7.11 Å². The molecule has 2 N–H and O–H groups in total. The van der Waals surface area contributed by atoms with Crippen LogP contribution in [0.2, 0.25) is 0 Å². The molecule has 0 aliphatic heterocycles. The van der Waals surface area contributed by atoms with Crippen LogP contribution in [0.4, 0.5) is 0 Å². The molecule has 0 fully saturated rings. The number of hydrogen-bond donors (Lipinski definition) is 2. The Bertz CT molecular complexity index is 549. The van der Waals surface area contributed by atoms with Crippen LogP contribution in [0.1, 0.15) is 45.0 Å². The third kappa shape index (κ3) is 6.02. The summed E-state index contributed by atoms with van der Waals surface area (Å²) >= 11 is 1.45. The molecule has 2 atom stereocenters. The summed E-state index contributed by atoms with van der Waals surface area (Å²) in [4.78, 5) is 36.7. The smallest absolute Gasteiger partial charge is 0.307 e. The van der Waals surface area contributed by atoms with Gasteiger partial charge in [-0.3, -0.25) is 14.4 Å². The Balaban J connectivity index is 2.73. The van der Waals surface area contributed by atoms with Crippen LogP contribution in [-0.2, 0) is 19.1 Å². The van der Waals surface area contributed by atoms with Gasteiger partial charge in [0, 0.05) is 10.3 Å². The van der Waals surface area contributed by atoms with E-state index in [9.17, 15) is 14.4 Å². The zero-order chi connectivity index (χ0) is 17.6. The van der Waals surface area contributed by atoms with Crippen molar-refractivity contribution in [3.8, 4) is 0 Å². The van der Waals surface area contributed by atoms with Crippen LogP contribution in [0.15, 0.2) is 17.5 Å². The Kier molecular flexibility index (Phi) is 6.75. The van der Waals surface area contributed by atoms with Crippen molar-refractivity contribution in [1.82, 2.24) is 10.6 Å². The van der Waals surface area contributed by atoms with Crippen molar-refractivity contribution >= 4 is 29.1 Å². The van der Waals surface area contributed by atoms with Crippen LogP contribution in [0.25, 0.3) is 0 Å². The number of esters is 1. The molecule has 0 bridgehead atoms. The topological polar surface area (TPSA) is 84.5 Å². The number of ether oxygens (including phenoxy) is 1. The number of carbonyl (C=O) groups excluding carboxylic acids is 3. The normalized spacial score (nSPS) is 13.8. The lowest BCUT2D eigenvalue weighted by Crippen LogP contribution is -2.49. The molecule has 1 rings (SSSR count). The summed E-state index contributed by atoms with van der Waals surface area (Å²) in [7, 11) is 1.31. The molecule has 2 amide bonds. The number of thiophene rings is 1. The first-order valence-electron chi connectivity index (χ1n) is 7.36. The third-order valence-electron chi connectivity index (χ3n) is 3.22. The Morgan fingerprint density at radius 1 is 1.26 bits per heavy atom. The zero-order valence-corrected chi connectivity index (χ0v) is 15.0. The van der Waals surface area contributed by atoms with E-state index < -0.39 is 23.5 Å². The molecule has 2 unspecified atom stereocenters. The van der Waals surface area contributed by atoms with Crippen molar-refractivity contribution < 1.29 is 19.1 Å². The van der Waals surface area contributed by atoms with Crippen LogP contribution >= 0.6 is 11.3 Å². The second-order valence-electron chi connectivity index (χ2n) is 6.30. The Labute approximate surface area is 140 Å². The minimum atomic E-state index is -0.693. The van der Waals surface area contributed by atoms with Crippen molar-refractivity contribution in [2.24, 2.45) is 5.41 Å². The molecule has 0 saturated carbocycles. The fourth-order valence-electron chi connectivity index (χ4n) is 1.74. The predicted octanol–water partition coefficient (Wildman–Crippen LogP) is 2.02. The monoisotopic (exact) mass is 340 g/mol. The SMILES string of the molecule is COC(=O)CC(NC(=O)C(C)NC(=O)C(C)(C)C)c1cccs1. The summed E-state index contributed by atoms with van der Waals surface area (Å²) in [5.74, 6) is -0.958. The van der Waals surface area contributed by atoms with E-state index in [1.54, 1.807) is 27.7 Å². The van der Waals surface area contributed by atoms with Crippen LogP contribution < -0.4 is 10.6 Å². The highest BCUT2D eigenvalue weighted by atomic mass is 32.1. The van der Waals surface area contributed by atoms with Crippen LogP contribution in [0.5, 0.6) is 0 Å². The lowest BCUT2D eigenvalue weighted by atomic mass is 9.95. The van der Waals surface area contributed by atoms with Gasteiger partial charge in [0.1, 0.15) is 6.04 Å². The van der Waals surface area contributed by atoms with Gasteiger partial charge in [-0.2, -0.15) is 0 Å². The highest BCUT2D eigenvalue weighted by Gasteiger charge is 2.27. The molecular formula is C16H24N2O4S. The second-order valence-corrected chi connectivity index (χ2v) is 7.28. The summed E-state index contributed by atoms with van der Waals surface area (Å²) in [5.41, 5.74) is -0.576. The van der Waals surface area contributed by atoms with E-state index in [0.29, 0.717) is 0 Å². The fourth-order valence-corrected chi connectivity index (χ4v) is 2.52. The molecule has 0 aromatic carbocycles. The van der Waals surface area contributed by atoms with E-state index in [1.807, 2.05) is 17.5 Å². The third-order valence-corrected chi connectivity index (χ3v) is 4.21. The van der Waals surface area contributed by atoms with Gasteiger partial charge in [0.05, 0.1) is 19.6 Å². The van der Waals surface area contributed by atoms with Crippen molar-refractivity contribution in [1.29, 1.82) is 0 Å². The Morgan fingerprint density at radius 3 is 2.39 bits per heavy atom. The molecule has 0 aliphatic carbocycles. The maximum absolute atomic E-state index is 12.3. The molecule has 7 heteroatoms.